The van der Waals surface area contributed by atoms with Gasteiger partial charge in [0.2, 0.25) is 5.88 Å². The van der Waals surface area contributed by atoms with Crippen LogP contribution in [-0.4, -0.2) is 23.2 Å². The van der Waals surface area contributed by atoms with Gasteiger partial charge in [0, 0.05) is 6.20 Å². The van der Waals surface area contributed by atoms with E-state index in [-0.39, 0.29) is 5.56 Å². The van der Waals surface area contributed by atoms with Crippen molar-refractivity contribution >= 4 is 5.91 Å². The molecule has 1 aromatic rings. The lowest BCUT2D eigenvalue weighted by atomic mass is 10.1. The molecule has 0 radical (unpaired) electrons. The number of nitrogens with zero attached hydrogens (tertiary/aromatic N) is 1. The first kappa shape index (κ1) is 13.3. The monoisotopic (exact) mass is 248 g/mol. The highest BCUT2D eigenvalue weighted by molar-refractivity contribution is 5.96. The Balaban J connectivity index is 3.07. The third-order valence-corrected chi connectivity index (χ3v) is 2.12. The van der Waals surface area contributed by atoms with E-state index < -0.39 is 24.1 Å². The van der Waals surface area contributed by atoms with Gasteiger partial charge in [-0.1, -0.05) is 0 Å². The van der Waals surface area contributed by atoms with E-state index in [0.29, 0.717) is 5.56 Å². The zero-order valence-corrected chi connectivity index (χ0v) is 9.21. The van der Waals surface area contributed by atoms with Crippen molar-refractivity contribution in [2.75, 3.05) is 0 Å². The first-order chi connectivity index (χ1) is 7.73. The summed E-state index contributed by atoms with van der Waals surface area (Å²) in [5.74, 6) is -1.28. The Bertz CT molecular complexity index is 432. The van der Waals surface area contributed by atoms with Crippen molar-refractivity contribution in [2.24, 2.45) is 5.73 Å². The first-order valence-corrected chi connectivity index (χ1v) is 4.72. The molecule has 1 heterocycles. The van der Waals surface area contributed by atoms with Gasteiger partial charge in [0.1, 0.15) is 5.56 Å². The van der Waals surface area contributed by atoms with Crippen LogP contribution in [0.4, 0.5) is 13.2 Å². The molecular weight excluding hydrogens is 237 g/mol. The number of hydrogen-bond acceptors (Lipinski definition) is 3. The highest BCUT2D eigenvalue weighted by Crippen LogP contribution is 2.26. The number of primary amides is 1. The highest BCUT2D eigenvalue weighted by atomic mass is 19.4. The maximum atomic E-state index is 12.3. The molecule has 7 heteroatoms. The molecule has 1 unspecified atom stereocenters. The predicted molar refractivity (Wildman–Crippen MR) is 53.6 cm³/mol. The van der Waals surface area contributed by atoms with E-state index >= 15 is 0 Å². The molecule has 2 N–H and O–H groups in total. The molecule has 1 rings (SSSR count). The van der Waals surface area contributed by atoms with E-state index in [2.05, 4.69) is 9.72 Å². The lowest BCUT2D eigenvalue weighted by Crippen LogP contribution is -2.32. The molecule has 4 nitrogen and oxygen atoms in total. The van der Waals surface area contributed by atoms with Crippen molar-refractivity contribution in [3.8, 4) is 5.88 Å². The number of rotatable bonds is 3. The predicted octanol–water partition coefficient (Wildman–Crippen LogP) is 1.82. The van der Waals surface area contributed by atoms with Crippen LogP contribution in [0.1, 0.15) is 22.8 Å². The zero-order chi connectivity index (χ0) is 13.2. The minimum absolute atomic E-state index is 0.136. The van der Waals surface area contributed by atoms with Crippen LogP contribution in [0, 0.1) is 6.92 Å². The average Bonchev–Trinajstić information content (AvgIpc) is 2.15. The molecule has 1 atom stereocenters. The molecule has 94 valence electrons. The lowest BCUT2D eigenvalue weighted by Gasteiger charge is -2.18. The molecule has 0 fully saturated rings. The minimum Gasteiger partial charge on any atom is -0.464 e. The Kier molecular flexibility index (Phi) is 3.59. The Labute approximate surface area is 95.6 Å². The molecule has 0 saturated carbocycles. The zero-order valence-electron chi connectivity index (χ0n) is 9.21. The average molecular weight is 248 g/mol. The summed E-state index contributed by atoms with van der Waals surface area (Å²) in [4.78, 5) is 14.7. The lowest BCUT2D eigenvalue weighted by molar-refractivity contribution is -0.190. The number of alkyl halides is 3. The van der Waals surface area contributed by atoms with Crippen molar-refractivity contribution in [3.63, 3.8) is 0 Å². The van der Waals surface area contributed by atoms with Gasteiger partial charge in [-0.2, -0.15) is 13.2 Å². The van der Waals surface area contributed by atoms with Crippen LogP contribution >= 0.6 is 0 Å². The SMILES string of the molecule is Cc1ccnc(OC(C)C(F)(F)F)c1C(N)=O. The fourth-order valence-electron chi connectivity index (χ4n) is 1.16. The Morgan fingerprint density at radius 1 is 1.53 bits per heavy atom. The number of aryl methyl sites for hydroxylation is 1. The van der Waals surface area contributed by atoms with Crippen molar-refractivity contribution in [1.82, 2.24) is 4.98 Å². The van der Waals surface area contributed by atoms with Gasteiger partial charge in [0.15, 0.2) is 6.10 Å². The van der Waals surface area contributed by atoms with E-state index in [0.717, 1.165) is 6.92 Å². The Morgan fingerprint density at radius 2 is 2.12 bits per heavy atom. The topological polar surface area (TPSA) is 65.2 Å². The second-order valence-corrected chi connectivity index (χ2v) is 3.47. The Hall–Kier alpha value is -1.79. The number of pyridine rings is 1. The molecule has 0 bridgehead atoms. The molecule has 1 aromatic heterocycles. The van der Waals surface area contributed by atoms with E-state index in [1.54, 1.807) is 0 Å². The van der Waals surface area contributed by atoms with E-state index in [1.807, 2.05) is 0 Å². The van der Waals surface area contributed by atoms with Crippen LogP contribution in [0.5, 0.6) is 5.88 Å². The molecule has 0 aliphatic rings. The summed E-state index contributed by atoms with van der Waals surface area (Å²) in [5.41, 5.74) is 5.34. The third kappa shape index (κ3) is 3.08. The van der Waals surface area contributed by atoms with Gasteiger partial charge < -0.3 is 10.5 Å². The van der Waals surface area contributed by atoms with Crippen molar-refractivity contribution in [1.29, 1.82) is 0 Å². The third-order valence-electron chi connectivity index (χ3n) is 2.12. The van der Waals surface area contributed by atoms with Gasteiger partial charge >= 0.3 is 6.18 Å². The van der Waals surface area contributed by atoms with Gasteiger partial charge in [-0.3, -0.25) is 4.79 Å². The second-order valence-electron chi connectivity index (χ2n) is 3.47. The van der Waals surface area contributed by atoms with E-state index in [1.165, 1.54) is 19.2 Å². The fourth-order valence-corrected chi connectivity index (χ4v) is 1.16. The van der Waals surface area contributed by atoms with Crippen LogP contribution in [0.25, 0.3) is 0 Å². The normalized spacial score (nSPS) is 13.2. The first-order valence-electron chi connectivity index (χ1n) is 4.72. The summed E-state index contributed by atoms with van der Waals surface area (Å²) in [6, 6.07) is 1.46. The standard InChI is InChI=1S/C10H11F3N2O2/c1-5-3-4-15-9(7(5)8(14)16)17-6(2)10(11,12)13/h3-4,6H,1-2H3,(H2,14,16). The maximum absolute atomic E-state index is 12.3. The van der Waals surface area contributed by atoms with Gasteiger partial charge in [-0.15, -0.1) is 0 Å². The summed E-state index contributed by atoms with van der Waals surface area (Å²) in [6.07, 6.45) is -5.34. The van der Waals surface area contributed by atoms with Crippen LogP contribution in [0.2, 0.25) is 0 Å². The number of nitrogens with two attached hydrogens (primary N) is 1. The molecule has 1 amide bonds. The summed E-state index contributed by atoms with van der Waals surface area (Å²) in [7, 11) is 0. The largest absolute Gasteiger partial charge is 0.464 e. The number of halogens is 3. The molecule has 0 aromatic carbocycles. The Morgan fingerprint density at radius 3 is 2.59 bits per heavy atom. The van der Waals surface area contributed by atoms with Crippen LogP contribution in [0.3, 0.4) is 0 Å². The molecule has 0 aliphatic heterocycles. The van der Waals surface area contributed by atoms with Crippen molar-refractivity contribution in [2.45, 2.75) is 26.1 Å². The van der Waals surface area contributed by atoms with Crippen LogP contribution in [-0.2, 0) is 0 Å². The number of carbonyl (C=O) groups is 1. The maximum Gasteiger partial charge on any atom is 0.425 e. The quantitative estimate of drug-likeness (QED) is 0.887. The van der Waals surface area contributed by atoms with Gasteiger partial charge in [-0.25, -0.2) is 4.98 Å². The van der Waals surface area contributed by atoms with Crippen molar-refractivity contribution in [3.05, 3.63) is 23.4 Å². The summed E-state index contributed by atoms with van der Waals surface area (Å²) in [6.45, 7) is 2.36. The summed E-state index contributed by atoms with van der Waals surface area (Å²) >= 11 is 0. The fraction of sp³-hybridized carbons (Fsp3) is 0.400. The highest BCUT2D eigenvalue weighted by Gasteiger charge is 2.39. The number of ether oxygens (including phenoxy) is 1. The van der Waals surface area contributed by atoms with E-state index in [4.69, 9.17) is 5.73 Å². The second kappa shape index (κ2) is 4.60. The van der Waals surface area contributed by atoms with Gasteiger partial charge in [0.25, 0.3) is 5.91 Å². The number of amides is 1. The van der Waals surface area contributed by atoms with Crippen molar-refractivity contribution < 1.29 is 22.7 Å². The number of hydrogen-bond donors (Lipinski definition) is 1. The molecule has 0 saturated heterocycles. The molecular formula is C10H11F3N2O2. The van der Waals surface area contributed by atoms with Gasteiger partial charge in [0.05, 0.1) is 0 Å². The number of aromatic nitrogens is 1. The number of carbonyl (C=O) groups excluding carboxylic acids is 1. The van der Waals surface area contributed by atoms with Gasteiger partial charge in [-0.05, 0) is 25.5 Å². The summed E-state index contributed by atoms with van der Waals surface area (Å²) in [5, 5.41) is 0. The minimum atomic E-state index is -4.53. The molecule has 0 aliphatic carbocycles. The van der Waals surface area contributed by atoms with Crippen LogP contribution < -0.4 is 10.5 Å². The van der Waals surface area contributed by atoms with Crippen LogP contribution in [0.15, 0.2) is 12.3 Å². The summed E-state index contributed by atoms with van der Waals surface area (Å²) < 4.78 is 41.5. The molecule has 0 spiro atoms. The molecule has 17 heavy (non-hydrogen) atoms. The smallest absolute Gasteiger partial charge is 0.425 e. The van der Waals surface area contributed by atoms with E-state index in [9.17, 15) is 18.0 Å².